The van der Waals surface area contributed by atoms with Gasteiger partial charge in [0, 0.05) is 0 Å². The Labute approximate surface area is 78.8 Å². The highest BCUT2D eigenvalue weighted by atomic mass is 16.5. The third-order valence-corrected chi connectivity index (χ3v) is 1.76. The van der Waals surface area contributed by atoms with Crippen molar-refractivity contribution in [2.24, 2.45) is 0 Å². The van der Waals surface area contributed by atoms with Gasteiger partial charge in [-0.3, -0.25) is 0 Å². The minimum atomic E-state index is 0.610. The van der Waals surface area contributed by atoms with Crippen molar-refractivity contribution in [2.45, 2.75) is 19.8 Å². The summed E-state index contributed by atoms with van der Waals surface area (Å²) in [7, 11) is 0. The van der Waals surface area contributed by atoms with Crippen molar-refractivity contribution >= 4 is 0 Å². The van der Waals surface area contributed by atoms with E-state index in [0.717, 1.165) is 12.8 Å². The first-order valence-corrected chi connectivity index (χ1v) is 4.50. The molecule has 13 heavy (non-hydrogen) atoms. The number of ether oxygens (including phenoxy) is 1. The second-order valence-electron chi connectivity index (χ2n) is 2.81. The van der Waals surface area contributed by atoms with E-state index in [1.165, 1.54) is 0 Å². The molecular weight excluding hydrogens is 162 g/mol. The Morgan fingerprint density at radius 2 is 2.15 bits per heavy atom. The summed E-state index contributed by atoms with van der Waals surface area (Å²) in [5, 5.41) is 8.74. The van der Waals surface area contributed by atoms with Crippen LogP contribution < -0.4 is 4.74 Å². The van der Waals surface area contributed by atoms with Crippen molar-refractivity contribution in [3.05, 3.63) is 29.8 Å². The Morgan fingerprint density at radius 3 is 2.85 bits per heavy atom. The summed E-state index contributed by atoms with van der Waals surface area (Å²) < 4.78 is 5.45. The van der Waals surface area contributed by atoms with E-state index in [-0.39, 0.29) is 0 Å². The highest BCUT2D eigenvalue weighted by Crippen LogP contribution is 2.16. The molecule has 2 nitrogen and oxygen atoms in total. The maximum atomic E-state index is 8.74. The monoisotopic (exact) mass is 175 g/mol. The Kier molecular flexibility index (Phi) is 3.84. The number of rotatable bonds is 4. The predicted octanol–water partition coefficient (Wildman–Crippen LogP) is 2.74. The summed E-state index contributed by atoms with van der Waals surface area (Å²) in [6.07, 6.45) is 2.13. The summed E-state index contributed by atoms with van der Waals surface area (Å²) in [5.74, 6) is 0.693. The number of unbranched alkanes of at least 4 members (excludes halogenated alkanes) is 1. The second kappa shape index (κ2) is 5.21. The fourth-order valence-electron chi connectivity index (χ4n) is 1.01. The molecule has 1 aromatic rings. The first kappa shape index (κ1) is 9.60. The Hall–Kier alpha value is -1.49. The lowest BCUT2D eigenvalue weighted by Crippen LogP contribution is -1.97. The average molecular weight is 175 g/mol. The Balaban J connectivity index is 2.60. The Morgan fingerprint density at radius 1 is 1.38 bits per heavy atom. The molecule has 0 aliphatic heterocycles. The van der Waals surface area contributed by atoms with Crippen LogP contribution in [-0.4, -0.2) is 6.61 Å². The molecule has 0 N–H and O–H groups in total. The molecular formula is C11H13NO. The molecule has 1 rings (SSSR count). The number of nitriles is 1. The van der Waals surface area contributed by atoms with Gasteiger partial charge < -0.3 is 4.74 Å². The number of hydrogen-bond donors (Lipinski definition) is 0. The third-order valence-electron chi connectivity index (χ3n) is 1.76. The molecule has 0 heterocycles. The van der Waals surface area contributed by atoms with Crippen LogP contribution in [0.5, 0.6) is 5.75 Å². The smallest absolute Gasteiger partial charge is 0.137 e. The first-order chi connectivity index (χ1) is 6.38. The molecule has 0 unspecified atom stereocenters. The summed E-state index contributed by atoms with van der Waals surface area (Å²) >= 11 is 0. The van der Waals surface area contributed by atoms with E-state index < -0.39 is 0 Å². The van der Waals surface area contributed by atoms with Gasteiger partial charge in [0.25, 0.3) is 0 Å². The van der Waals surface area contributed by atoms with Crippen molar-refractivity contribution in [1.29, 1.82) is 5.26 Å². The van der Waals surface area contributed by atoms with Crippen molar-refractivity contribution in [3.63, 3.8) is 0 Å². The van der Waals surface area contributed by atoms with Crippen LogP contribution in [0.1, 0.15) is 25.3 Å². The minimum absolute atomic E-state index is 0.610. The average Bonchev–Trinajstić information content (AvgIpc) is 2.19. The lowest BCUT2D eigenvalue weighted by molar-refractivity contribution is 0.308. The van der Waals surface area contributed by atoms with Crippen LogP contribution in [-0.2, 0) is 0 Å². The molecule has 0 bridgehead atoms. The van der Waals surface area contributed by atoms with E-state index in [1.807, 2.05) is 18.2 Å². The molecule has 0 aliphatic rings. The maximum Gasteiger partial charge on any atom is 0.137 e. The topological polar surface area (TPSA) is 33.0 Å². The SMILES string of the molecule is CCCCOc1ccccc1C#N. The zero-order chi connectivity index (χ0) is 9.52. The van der Waals surface area contributed by atoms with Gasteiger partial charge in [-0.05, 0) is 18.6 Å². The number of nitrogens with zero attached hydrogens (tertiary/aromatic N) is 1. The van der Waals surface area contributed by atoms with Gasteiger partial charge in [0.15, 0.2) is 0 Å². The van der Waals surface area contributed by atoms with Gasteiger partial charge in [-0.15, -0.1) is 0 Å². The van der Waals surface area contributed by atoms with E-state index in [0.29, 0.717) is 17.9 Å². The van der Waals surface area contributed by atoms with Gasteiger partial charge in [-0.2, -0.15) is 5.26 Å². The van der Waals surface area contributed by atoms with Crippen LogP contribution in [0, 0.1) is 11.3 Å². The molecule has 0 amide bonds. The van der Waals surface area contributed by atoms with Crippen LogP contribution >= 0.6 is 0 Å². The predicted molar refractivity (Wildman–Crippen MR) is 51.6 cm³/mol. The molecule has 0 atom stereocenters. The highest BCUT2D eigenvalue weighted by molar-refractivity contribution is 5.42. The fourth-order valence-corrected chi connectivity index (χ4v) is 1.01. The van der Waals surface area contributed by atoms with Crippen LogP contribution in [0.15, 0.2) is 24.3 Å². The van der Waals surface area contributed by atoms with Crippen LogP contribution in [0.4, 0.5) is 0 Å². The Bertz CT molecular complexity index is 301. The largest absolute Gasteiger partial charge is 0.492 e. The van der Waals surface area contributed by atoms with Crippen LogP contribution in [0.3, 0.4) is 0 Å². The first-order valence-electron chi connectivity index (χ1n) is 4.50. The molecule has 0 aromatic heterocycles. The molecule has 2 heteroatoms. The van der Waals surface area contributed by atoms with Crippen molar-refractivity contribution in [1.82, 2.24) is 0 Å². The van der Waals surface area contributed by atoms with Crippen LogP contribution in [0.25, 0.3) is 0 Å². The lowest BCUT2D eigenvalue weighted by Gasteiger charge is -2.05. The molecule has 0 spiro atoms. The van der Waals surface area contributed by atoms with Crippen molar-refractivity contribution < 1.29 is 4.74 Å². The molecule has 0 saturated heterocycles. The van der Waals surface area contributed by atoms with E-state index in [4.69, 9.17) is 10.00 Å². The van der Waals surface area contributed by atoms with E-state index in [9.17, 15) is 0 Å². The fraction of sp³-hybridized carbons (Fsp3) is 0.364. The van der Waals surface area contributed by atoms with E-state index >= 15 is 0 Å². The summed E-state index contributed by atoms with van der Waals surface area (Å²) in [5.41, 5.74) is 0.610. The van der Waals surface area contributed by atoms with Crippen LogP contribution in [0.2, 0.25) is 0 Å². The molecule has 0 saturated carbocycles. The third kappa shape index (κ3) is 2.79. The zero-order valence-electron chi connectivity index (χ0n) is 7.79. The molecule has 0 aliphatic carbocycles. The van der Waals surface area contributed by atoms with Gasteiger partial charge in [0.2, 0.25) is 0 Å². The van der Waals surface area contributed by atoms with Gasteiger partial charge in [0.1, 0.15) is 11.8 Å². The summed E-state index contributed by atoms with van der Waals surface area (Å²) in [6.45, 7) is 2.80. The quantitative estimate of drug-likeness (QED) is 0.659. The number of hydrogen-bond acceptors (Lipinski definition) is 2. The molecule has 0 fully saturated rings. The molecule has 68 valence electrons. The molecule has 0 radical (unpaired) electrons. The minimum Gasteiger partial charge on any atom is -0.492 e. The summed E-state index contributed by atoms with van der Waals surface area (Å²) in [6, 6.07) is 9.41. The lowest BCUT2D eigenvalue weighted by atomic mass is 10.2. The number of benzene rings is 1. The van der Waals surface area contributed by atoms with Gasteiger partial charge >= 0.3 is 0 Å². The van der Waals surface area contributed by atoms with E-state index in [2.05, 4.69) is 13.0 Å². The van der Waals surface area contributed by atoms with Crippen molar-refractivity contribution in [2.75, 3.05) is 6.61 Å². The number of para-hydroxylation sites is 1. The van der Waals surface area contributed by atoms with E-state index in [1.54, 1.807) is 6.07 Å². The van der Waals surface area contributed by atoms with Crippen molar-refractivity contribution in [3.8, 4) is 11.8 Å². The van der Waals surface area contributed by atoms with Gasteiger partial charge in [0.05, 0.1) is 12.2 Å². The summed E-state index contributed by atoms with van der Waals surface area (Å²) in [4.78, 5) is 0. The normalized spacial score (nSPS) is 9.23. The maximum absolute atomic E-state index is 8.74. The standard InChI is InChI=1S/C11H13NO/c1-2-3-8-13-11-7-5-4-6-10(11)9-12/h4-7H,2-3,8H2,1H3. The zero-order valence-corrected chi connectivity index (χ0v) is 7.79. The van der Waals surface area contributed by atoms with Gasteiger partial charge in [-0.1, -0.05) is 25.5 Å². The highest BCUT2D eigenvalue weighted by Gasteiger charge is 1.99. The molecule has 1 aromatic carbocycles. The second-order valence-corrected chi connectivity index (χ2v) is 2.81. The van der Waals surface area contributed by atoms with Gasteiger partial charge in [-0.25, -0.2) is 0 Å².